The van der Waals surface area contributed by atoms with E-state index in [9.17, 15) is 0 Å². The van der Waals surface area contributed by atoms with Crippen molar-refractivity contribution in [3.05, 3.63) is 17.4 Å². The summed E-state index contributed by atoms with van der Waals surface area (Å²) in [5.74, 6) is 1.63. The number of nitrogens with one attached hydrogen (secondary N) is 1. The lowest BCUT2D eigenvalue weighted by atomic mass is 9.97. The maximum absolute atomic E-state index is 5.80. The van der Waals surface area contributed by atoms with Crippen LogP contribution in [0.15, 0.2) is 12.4 Å². The van der Waals surface area contributed by atoms with Crippen LogP contribution in [0.5, 0.6) is 0 Å². The zero-order chi connectivity index (χ0) is 12.4. The predicted molar refractivity (Wildman–Crippen MR) is 73.0 cm³/mol. The summed E-state index contributed by atoms with van der Waals surface area (Å²) in [6.45, 7) is 3.29. The van der Waals surface area contributed by atoms with Crippen LogP contribution in [0.2, 0.25) is 5.02 Å². The summed E-state index contributed by atoms with van der Waals surface area (Å²) >= 11 is 5.80. The van der Waals surface area contributed by atoms with Gasteiger partial charge >= 0.3 is 0 Å². The van der Waals surface area contributed by atoms with E-state index < -0.39 is 0 Å². The summed E-state index contributed by atoms with van der Waals surface area (Å²) < 4.78 is 0. The molecule has 0 bridgehead atoms. The van der Waals surface area contributed by atoms with Crippen LogP contribution in [-0.2, 0) is 0 Å². The average molecular weight is 267 g/mol. The van der Waals surface area contributed by atoms with Gasteiger partial charge in [0.25, 0.3) is 0 Å². The lowest BCUT2D eigenvalue weighted by molar-refractivity contribution is 0.379. The van der Waals surface area contributed by atoms with Crippen molar-refractivity contribution in [1.82, 2.24) is 15.3 Å². The molecule has 5 heteroatoms. The van der Waals surface area contributed by atoms with Gasteiger partial charge in [0.15, 0.2) is 0 Å². The number of nitrogens with zero attached hydrogens (tertiary/aromatic N) is 3. The van der Waals surface area contributed by atoms with Crippen molar-refractivity contribution in [2.75, 3.05) is 24.5 Å². The number of hydrogen-bond acceptors (Lipinski definition) is 4. The highest BCUT2D eigenvalue weighted by atomic mass is 35.5. The van der Waals surface area contributed by atoms with Gasteiger partial charge < -0.3 is 10.2 Å². The molecule has 2 aliphatic rings. The van der Waals surface area contributed by atoms with Gasteiger partial charge in [0.1, 0.15) is 0 Å². The van der Waals surface area contributed by atoms with Gasteiger partial charge in [0.05, 0.1) is 17.4 Å². The van der Waals surface area contributed by atoms with Gasteiger partial charge in [-0.2, -0.15) is 0 Å². The molecule has 0 radical (unpaired) electrons. The minimum atomic E-state index is 0.599. The van der Waals surface area contributed by atoms with Gasteiger partial charge in [-0.25, -0.2) is 9.97 Å². The second-order valence-electron chi connectivity index (χ2n) is 5.31. The summed E-state index contributed by atoms with van der Waals surface area (Å²) in [4.78, 5) is 10.8. The highest BCUT2D eigenvalue weighted by Crippen LogP contribution is 2.23. The first-order valence-electron chi connectivity index (χ1n) is 6.77. The lowest BCUT2D eigenvalue weighted by Crippen LogP contribution is -2.38. The van der Waals surface area contributed by atoms with E-state index in [1.165, 1.54) is 32.2 Å². The van der Waals surface area contributed by atoms with Crippen LogP contribution >= 0.6 is 11.6 Å². The molecule has 0 spiro atoms. The van der Waals surface area contributed by atoms with E-state index in [0.717, 1.165) is 31.0 Å². The Kier molecular flexibility index (Phi) is 3.66. The van der Waals surface area contributed by atoms with Crippen molar-refractivity contribution in [1.29, 1.82) is 0 Å². The van der Waals surface area contributed by atoms with Gasteiger partial charge in [-0.15, -0.1) is 0 Å². The third-order valence-corrected chi connectivity index (χ3v) is 3.97. The van der Waals surface area contributed by atoms with Crippen LogP contribution in [0.3, 0.4) is 0 Å². The van der Waals surface area contributed by atoms with E-state index in [4.69, 9.17) is 11.6 Å². The Morgan fingerprint density at radius 1 is 1.17 bits per heavy atom. The molecule has 0 atom stereocenters. The Morgan fingerprint density at radius 3 is 2.44 bits per heavy atom. The second kappa shape index (κ2) is 5.41. The fraction of sp³-hybridized carbons (Fsp3) is 0.692. The first-order valence-corrected chi connectivity index (χ1v) is 7.15. The van der Waals surface area contributed by atoms with E-state index in [2.05, 4.69) is 20.2 Å². The lowest BCUT2D eigenvalue weighted by Gasteiger charge is -2.32. The van der Waals surface area contributed by atoms with Crippen LogP contribution in [0.4, 0.5) is 5.95 Å². The van der Waals surface area contributed by atoms with Gasteiger partial charge in [-0.3, -0.25) is 0 Å². The highest BCUT2D eigenvalue weighted by molar-refractivity contribution is 6.30. The van der Waals surface area contributed by atoms with Crippen molar-refractivity contribution < 1.29 is 0 Å². The Morgan fingerprint density at radius 2 is 1.83 bits per heavy atom. The quantitative estimate of drug-likeness (QED) is 0.906. The van der Waals surface area contributed by atoms with Gasteiger partial charge in [-0.1, -0.05) is 11.6 Å². The molecule has 1 aromatic heterocycles. The minimum Gasteiger partial charge on any atom is -0.341 e. The van der Waals surface area contributed by atoms with Gasteiger partial charge in [0.2, 0.25) is 5.95 Å². The third-order valence-electron chi connectivity index (χ3n) is 3.78. The monoisotopic (exact) mass is 266 g/mol. The van der Waals surface area contributed by atoms with Crippen LogP contribution in [0.25, 0.3) is 0 Å². The molecule has 1 N–H and O–H groups in total. The Labute approximate surface area is 113 Å². The molecule has 4 nitrogen and oxygen atoms in total. The largest absolute Gasteiger partial charge is 0.341 e. The van der Waals surface area contributed by atoms with E-state index in [1.54, 1.807) is 12.4 Å². The summed E-state index contributed by atoms with van der Waals surface area (Å²) in [6, 6.07) is 0.822. The number of rotatable bonds is 4. The summed E-state index contributed by atoms with van der Waals surface area (Å²) in [6.07, 6.45) is 8.54. The summed E-state index contributed by atoms with van der Waals surface area (Å²) in [7, 11) is 0. The Bertz CT molecular complexity index is 382. The zero-order valence-corrected chi connectivity index (χ0v) is 11.2. The van der Waals surface area contributed by atoms with Crippen molar-refractivity contribution >= 4 is 17.5 Å². The smallest absolute Gasteiger partial charge is 0.225 e. The number of aromatic nitrogens is 2. The first-order chi connectivity index (χ1) is 8.81. The predicted octanol–water partition coefficient (Wildman–Crippen LogP) is 2.10. The van der Waals surface area contributed by atoms with Crippen LogP contribution in [0, 0.1) is 5.92 Å². The number of halogens is 1. The summed E-state index contributed by atoms with van der Waals surface area (Å²) in [5.41, 5.74) is 0. The molecule has 1 aromatic rings. The standard InChI is InChI=1S/C13H19ClN4/c14-11-8-16-13(17-9-11)18-5-3-10(4-6-18)7-15-12-1-2-12/h8-10,12,15H,1-7H2. The molecule has 1 saturated carbocycles. The van der Waals surface area contributed by atoms with Crippen LogP contribution < -0.4 is 10.2 Å². The molecule has 0 aromatic carbocycles. The number of anilines is 1. The minimum absolute atomic E-state index is 0.599. The average Bonchev–Trinajstić information content (AvgIpc) is 3.22. The second-order valence-corrected chi connectivity index (χ2v) is 5.75. The third kappa shape index (κ3) is 3.12. The van der Waals surface area contributed by atoms with Crippen molar-refractivity contribution in [2.45, 2.75) is 31.7 Å². The van der Waals surface area contributed by atoms with Crippen molar-refractivity contribution in [3.63, 3.8) is 0 Å². The molecular weight excluding hydrogens is 248 g/mol. The molecule has 2 heterocycles. The van der Waals surface area contributed by atoms with E-state index in [0.29, 0.717) is 5.02 Å². The topological polar surface area (TPSA) is 41.1 Å². The maximum atomic E-state index is 5.80. The molecule has 18 heavy (non-hydrogen) atoms. The van der Waals surface area contributed by atoms with E-state index in [1.807, 2.05) is 0 Å². The Hall–Kier alpha value is -0.870. The van der Waals surface area contributed by atoms with E-state index in [-0.39, 0.29) is 0 Å². The molecule has 98 valence electrons. The number of hydrogen-bond donors (Lipinski definition) is 1. The molecule has 2 fully saturated rings. The SMILES string of the molecule is Clc1cnc(N2CCC(CNC3CC3)CC2)nc1. The number of piperidine rings is 1. The highest BCUT2D eigenvalue weighted by Gasteiger charge is 2.24. The maximum Gasteiger partial charge on any atom is 0.225 e. The molecule has 0 amide bonds. The van der Waals surface area contributed by atoms with Crippen molar-refractivity contribution in [3.8, 4) is 0 Å². The Balaban J connectivity index is 1.48. The first kappa shape index (κ1) is 12.2. The van der Waals surface area contributed by atoms with Crippen molar-refractivity contribution in [2.24, 2.45) is 5.92 Å². The van der Waals surface area contributed by atoms with Crippen LogP contribution in [-0.4, -0.2) is 35.6 Å². The fourth-order valence-corrected chi connectivity index (χ4v) is 2.52. The van der Waals surface area contributed by atoms with Crippen LogP contribution in [0.1, 0.15) is 25.7 Å². The normalized spacial score (nSPS) is 21.3. The molecule has 1 saturated heterocycles. The molecule has 0 unspecified atom stereocenters. The van der Waals surface area contributed by atoms with E-state index >= 15 is 0 Å². The zero-order valence-electron chi connectivity index (χ0n) is 10.5. The molecular formula is C13H19ClN4. The fourth-order valence-electron chi connectivity index (χ4n) is 2.43. The molecule has 1 aliphatic carbocycles. The summed E-state index contributed by atoms with van der Waals surface area (Å²) in [5, 5.41) is 4.22. The van der Waals surface area contributed by atoms with Gasteiger partial charge in [0, 0.05) is 19.1 Å². The molecule has 3 rings (SSSR count). The van der Waals surface area contributed by atoms with Gasteiger partial charge in [-0.05, 0) is 38.1 Å². The molecule has 1 aliphatic heterocycles.